The SMILES string of the molecule is CO[C@@]1(C)O[C@@H]2[C@@H](CO)CNC[C@H]2O[C@]1(C)CO. The van der Waals surface area contributed by atoms with E-state index < -0.39 is 11.4 Å². The van der Waals surface area contributed by atoms with Crippen molar-refractivity contribution >= 4 is 0 Å². The van der Waals surface area contributed by atoms with Crippen LogP contribution in [0.4, 0.5) is 0 Å². The minimum absolute atomic E-state index is 0.0264. The number of piperidine rings is 1. The first-order chi connectivity index (χ1) is 8.49. The van der Waals surface area contributed by atoms with E-state index in [2.05, 4.69) is 5.32 Å². The summed E-state index contributed by atoms with van der Waals surface area (Å²) in [6, 6.07) is 0. The van der Waals surface area contributed by atoms with E-state index in [4.69, 9.17) is 14.2 Å². The van der Waals surface area contributed by atoms with Gasteiger partial charge in [-0.3, -0.25) is 0 Å². The van der Waals surface area contributed by atoms with Gasteiger partial charge in [0.05, 0.1) is 18.8 Å². The number of hydrogen-bond donors (Lipinski definition) is 3. The Balaban J connectivity index is 2.24. The van der Waals surface area contributed by atoms with Crippen molar-refractivity contribution in [3.05, 3.63) is 0 Å². The van der Waals surface area contributed by atoms with E-state index in [1.165, 1.54) is 7.11 Å². The van der Waals surface area contributed by atoms with Gasteiger partial charge in [-0.25, -0.2) is 0 Å². The van der Waals surface area contributed by atoms with Crippen LogP contribution in [0.5, 0.6) is 0 Å². The first-order valence-electron chi connectivity index (χ1n) is 6.33. The number of hydrogen-bond acceptors (Lipinski definition) is 6. The molecule has 18 heavy (non-hydrogen) atoms. The molecule has 0 aromatic heterocycles. The highest BCUT2D eigenvalue weighted by Crippen LogP contribution is 2.40. The van der Waals surface area contributed by atoms with Crippen LogP contribution in [0.25, 0.3) is 0 Å². The van der Waals surface area contributed by atoms with Crippen molar-refractivity contribution in [2.24, 2.45) is 5.92 Å². The summed E-state index contributed by atoms with van der Waals surface area (Å²) < 4.78 is 17.4. The highest BCUT2D eigenvalue weighted by molar-refractivity contribution is 5.00. The fourth-order valence-corrected chi connectivity index (χ4v) is 2.67. The van der Waals surface area contributed by atoms with Crippen LogP contribution in [0.2, 0.25) is 0 Å². The Bertz CT molecular complexity index is 302. The average molecular weight is 261 g/mol. The van der Waals surface area contributed by atoms with Crippen molar-refractivity contribution in [3.63, 3.8) is 0 Å². The lowest BCUT2D eigenvalue weighted by atomic mass is 9.87. The zero-order valence-corrected chi connectivity index (χ0v) is 11.2. The number of aliphatic hydroxyl groups is 2. The quantitative estimate of drug-likeness (QED) is 0.611. The van der Waals surface area contributed by atoms with E-state index in [1.54, 1.807) is 13.8 Å². The number of aliphatic hydroxyl groups excluding tert-OH is 2. The van der Waals surface area contributed by atoms with E-state index in [1.807, 2.05) is 0 Å². The molecule has 0 unspecified atom stereocenters. The first kappa shape index (κ1) is 14.2. The third kappa shape index (κ3) is 2.07. The maximum atomic E-state index is 9.58. The molecule has 0 spiro atoms. The molecule has 2 aliphatic rings. The van der Waals surface area contributed by atoms with Crippen molar-refractivity contribution in [3.8, 4) is 0 Å². The van der Waals surface area contributed by atoms with Crippen molar-refractivity contribution < 1.29 is 24.4 Å². The van der Waals surface area contributed by atoms with Crippen LogP contribution in [0.15, 0.2) is 0 Å². The Morgan fingerprint density at radius 3 is 2.56 bits per heavy atom. The molecule has 6 nitrogen and oxygen atoms in total. The van der Waals surface area contributed by atoms with Gasteiger partial charge in [-0.05, 0) is 13.8 Å². The third-order valence-electron chi connectivity index (χ3n) is 4.24. The largest absolute Gasteiger partial charge is 0.396 e. The third-order valence-corrected chi connectivity index (χ3v) is 4.24. The molecule has 106 valence electrons. The van der Waals surface area contributed by atoms with Crippen molar-refractivity contribution in [1.29, 1.82) is 0 Å². The summed E-state index contributed by atoms with van der Waals surface area (Å²) in [5.41, 5.74) is -0.915. The summed E-state index contributed by atoms with van der Waals surface area (Å²) in [7, 11) is 1.53. The molecular weight excluding hydrogens is 238 g/mol. The Morgan fingerprint density at radius 2 is 2.00 bits per heavy atom. The predicted molar refractivity (Wildman–Crippen MR) is 64.1 cm³/mol. The van der Waals surface area contributed by atoms with Crippen LogP contribution in [0.3, 0.4) is 0 Å². The van der Waals surface area contributed by atoms with E-state index in [-0.39, 0.29) is 31.3 Å². The summed E-state index contributed by atoms with van der Waals surface area (Å²) in [6.45, 7) is 4.72. The molecular formula is C12H23NO5. The topological polar surface area (TPSA) is 80.2 Å². The molecule has 0 bridgehead atoms. The molecule has 0 radical (unpaired) electrons. The number of rotatable bonds is 3. The lowest BCUT2D eigenvalue weighted by molar-refractivity contribution is -0.400. The van der Waals surface area contributed by atoms with Crippen LogP contribution in [0, 0.1) is 5.92 Å². The standard InChI is InChI=1S/C12H23NO5/c1-11(7-15)12(2,16-3)18-10-8(6-14)4-13-5-9(10)17-11/h8-10,13-15H,4-7H2,1-3H3/t8-,9-,10-,11-,12+/m1/s1. The van der Waals surface area contributed by atoms with Crippen molar-refractivity contribution in [2.45, 2.75) is 37.4 Å². The maximum absolute atomic E-state index is 9.58. The summed E-state index contributed by atoms with van der Waals surface area (Å²) >= 11 is 0. The Hall–Kier alpha value is -0.240. The van der Waals surface area contributed by atoms with E-state index in [0.717, 1.165) is 0 Å². The molecule has 2 fully saturated rings. The van der Waals surface area contributed by atoms with Crippen molar-refractivity contribution in [2.75, 3.05) is 33.4 Å². The fraction of sp³-hybridized carbons (Fsp3) is 1.00. The zero-order chi connectivity index (χ0) is 13.4. The molecule has 0 aliphatic carbocycles. The second kappa shape index (κ2) is 5.03. The second-order valence-electron chi connectivity index (χ2n) is 5.38. The molecule has 6 heteroatoms. The van der Waals surface area contributed by atoms with Gasteiger partial charge < -0.3 is 29.7 Å². The summed E-state index contributed by atoms with van der Waals surface area (Å²) in [5.74, 6) is -1.05. The minimum atomic E-state index is -1.02. The maximum Gasteiger partial charge on any atom is 0.196 e. The van der Waals surface area contributed by atoms with Gasteiger partial charge in [0.1, 0.15) is 5.60 Å². The molecule has 2 heterocycles. The number of fused-ring (bicyclic) bond motifs is 1. The highest BCUT2D eigenvalue weighted by atomic mass is 16.7. The highest BCUT2D eigenvalue weighted by Gasteiger charge is 2.57. The molecule has 0 aromatic rings. The van der Waals surface area contributed by atoms with Gasteiger partial charge in [-0.1, -0.05) is 0 Å². The monoisotopic (exact) mass is 261 g/mol. The zero-order valence-electron chi connectivity index (χ0n) is 11.2. The van der Waals surface area contributed by atoms with Crippen LogP contribution < -0.4 is 5.32 Å². The molecule has 3 N–H and O–H groups in total. The number of nitrogens with one attached hydrogen (secondary N) is 1. The number of ether oxygens (including phenoxy) is 3. The number of methoxy groups -OCH3 is 1. The van der Waals surface area contributed by atoms with Crippen LogP contribution in [-0.2, 0) is 14.2 Å². The normalized spacial score (nSPS) is 48.8. The molecule has 0 aromatic carbocycles. The van der Waals surface area contributed by atoms with E-state index >= 15 is 0 Å². The molecule has 5 atom stereocenters. The molecule has 0 saturated carbocycles. The minimum Gasteiger partial charge on any atom is -0.396 e. The predicted octanol–water partition coefficient (Wildman–Crippen LogP) is -0.904. The van der Waals surface area contributed by atoms with Gasteiger partial charge in [0.25, 0.3) is 0 Å². The van der Waals surface area contributed by atoms with E-state index in [9.17, 15) is 10.2 Å². The van der Waals surface area contributed by atoms with Gasteiger partial charge in [-0.15, -0.1) is 0 Å². The lowest BCUT2D eigenvalue weighted by Gasteiger charge is -2.55. The van der Waals surface area contributed by atoms with Gasteiger partial charge >= 0.3 is 0 Å². The van der Waals surface area contributed by atoms with Crippen LogP contribution in [0.1, 0.15) is 13.8 Å². The summed E-state index contributed by atoms with van der Waals surface area (Å²) in [4.78, 5) is 0. The fourth-order valence-electron chi connectivity index (χ4n) is 2.67. The smallest absolute Gasteiger partial charge is 0.196 e. The van der Waals surface area contributed by atoms with Gasteiger partial charge in [0.2, 0.25) is 0 Å². The summed E-state index contributed by atoms with van der Waals surface area (Å²) in [6.07, 6.45) is -0.405. The Morgan fingerprint density at radius 1 is 1.28 bits per heavy atom. The second-order valence-corrected chi connectivity index (χ2v) is 5.38. The molecule has 2 saturated heterocycles. The van der Waals surface area contributed by atoms with Crippen LogP contribution in [-0.4, -0.2) is 67.2 Å². The lowest BCUT2D eigenvalue weighted by Crippen LogP contribution is -2.70. The molecule has 2 rings (SSSR count). The van der Waals surface area contributed by atoms with Gasteiger partial charge in [0, 0.05) is 32.7 Å². The average Bonchev–Trinajstić information content (AvgIpc) is 2.39. The molecule has 0 amide bonds. The first-order valence-corrected chi connectivity index (χ1v) is 6.33. The van der Waals surface area contributed by atoms with Gasteiger partial charge in [0.15, 0.2) is 5.79 Å². The Kier molecular flexibility index (Phi) is 3.96. The van der Waals surface area contributed by atoms with Crippen LogP contribution >= 0.6 is 0 Å². The Labute approximate surface area is 107 Å². The van der Waals surface area contributed by atoms with Crippen molar-refractivity contribution in [1.82, 2.24) is 5.32 Å². The summed E-state index contributed by atoms with van der Waals surface area (Å²) in [5, 5.41) is 22.2. The van der Waals surface area contributed by atoms with Gasteiger partial charge in [-0.2, -0.15) is 0 Å². The molecule has 2 aliphatic heterocycles. The van der Waals surface area contributed by atoms with E-state index in [0.29, 0.717) is 13.1 Å².